The number of halogens is 2. The summed E-state index contributed by atoms with van der Waals surface area (Å²) in [4.78, 5) is 36.2. The number of fused-ring (bicyclic) bond motifs is 1. The maximum Gasteiger partial charge on any atom is 0.257 e. The minimum Gasteiger partial charge on any atom is -0.342 e. The maximum atomic E-state index is 13.4. The number of aromatic nitrogens is 2. The molecule has 1 saturated heterocycles. The zero-order valence-corrected chi connectivity index (χ0v) is 14.8. The summed E-state index contributed by atoms with van der Waals surface area (Å²) in [6.07, 6.45) is 3.80. The molecule has 1 aromatic heterocycles. The van der Waals surface area contributed by atoms with E-state index in [0.29, 0.717) is 30.2 Å². The van der Waals surface area contributed by atoms with E-state index in [0.717, 1.165) is 38.1 Å². The van der Waals surface area contributed by atoms with Gasteiger partial charge in [-0.2, -0.15) is 0 Å². The lowest BCUT2D eigenvalue weighted by atomic mass is 10.1. The van der Waals surface area contributed by atoms with Crippen molar-refractivity contribution in [3.05, 3.63) is 57.0 Å². The normalized spacial score (nSPS) is 17.0. The first-order valence-corrected chi connectivity index (χ1v) is 9.14. The Balaban J connectivity index is 1.56. The summed E-state index contributed by atoms with van der Waals surface area (Å²) in [6, 6.07) is 3.06. The summed E-state index contributed by atoms with van der Waals surface area (Å²) >= 11 is 0. The van der Waals surface area contributed by atoms with Crippen molar-refractivity contribution in [1.82, 2.24) is 14.9 Å². The quantitative estimate of drug-likeness (QED) is 0.875. The van der Waals surface area contributed by atoms with Crippen molar-refractivity contribution < 1.29 is 13.6 Å². The van der Waals surface area contributed by atoms with Gasteiger partial charge in [0.1, 0.15) is 0 Å². The minimum atomic E-state index is -1.07. The fourth-order valence-corrected chi connectivity index (χ4v) is 3.65. The molecule has 0 saturated carbocycles. The zero-order valence-electron chi connectivity index (χ0n) is 14.8. The molecule has 1 aromatic carbocycles. The van der Waals surface area contributed by atoms with Gasteiger partial charge in [-0.1, -0.05) is 0 Å². The van der Waals surface area contributed by atoms with Gasteiger partial charge in [-0.25, -0.2) is 13.8 Å². The second kappa shape index (κ2) is 7.09. The van der Waals surface area contributed by atoms with E-state index in [9.17, 15) is 18.4 Å². The van der Waals surface area contributed by atoms with Crippen LogP contribution in [0, 0.1) is 11.6 Å². The van der Waals surface area contributed by atoms with Crippen molar-refractivity contribution in [3.63, 3.8) is 0 Å². The van der Waals surface area contributed by atoms with Gasteiger partial charge in [-0.05, 0) is 37.5 Å². The number of aromatic amines is 1. The monoisotopic (exact) mass is 374 g/mol. The van der Waals surface area contributed by atoms with Crippen molar-refractivity contribution in [3.8, 4) is 0 Å². The number of benzene rings is 1. The highest BCUT2D eigenvalue weighted by Crippen LogP contribution is 2.21. The molecule has 0 spiro atoms. The van der Waals surface area contributed by atoms with E-state index in [-0.39, 0.29) is 17.7 Å². The van der Waals surface area contributed by atoms with Gasteiger partial charge in [0.2, 0.25) is 5.95 Å². The lowest BCUT2D eigenvalue weighted by molar-refractivity contribution is 0.0732. The highest BCUT2D eigenvalue weighted by molar-refractivity contribution is 5.94. The van der Waals surface area contributed by atoms with Gasteiger partial charge in [0.05, 0.1) is 17.8 Å². The Kier molecular flexibility index (Phi) is 4.63. The Morgan fingerprint density at radius 2 is 1.85 bits per heavy atom. The summed E-state index contributed by atoms with van der Waals surface area (Å²) in [6.45, 7) is 2.24. The van der Waals surface area contributed by atoms with Crippen LogP contribution in [0.5, 0.6) is 0 Å². The van der Waals surface area contributed by atoms with Crippen molar-refractivity contribution in [2.24, 2.45) is 0 Å². The third kappa shape index (κ3) is 3.43. The van der Waals surface area contributed by atoms with Crippen molar-refractivity contribution in [2.75, 3.05) is 24.5 Å². The molecule has 1 amide bonds. The zero-order chi connectivity index (χ0) is 19.0. The molecule has 27 heavy (non-hydrogen) atoms. The summed E-state index contributed by atoms with van der Waals surface area (Å²) in [7, 11) is 0. The number of hydrogen-bond donors (Lipinski definition) is 1. The molecule has 0 unspecified atom stereocenters. The Labute approximate surface area is 154 Å². The van der Waals surface area contributed by atoms with Crippen LogP contribution >= 0.6 is 0 Å². The second-order valence-electron chi connectivity index (χ2n) is 6.97. The number of nitrogens with one attached hydrogen (secondary N) is 1. The first-order valence-electron chi connectivity index (χ1n) is 9.14. The smallest absolute Gasteiger partial charge is 0.257 e. The third-order valence-corrected chi connectivity index (χ3v) is 5.17. The van der Waals surface area contributed by atoms with Crippen LogP contribution in [0.3, 0.4) is 0 Å². The van der Waals surface area contributed by atoms with E-state index in [1.54, 1.807) is 0 Å². The van der Waals surface area contributed by atoms with Crippen LogP contribution in [0.25, 0.3) is 0 Å². The van der Waals surface area contributed by atoms with E-state index in [2.05, 4.69) is 14.9 Å². The van der Waals surface area contributed by atoms with Crippen LogP contribution in [0.2, 0.25) is 0 Å². The topological polar surface area (TPSA) is 69.3 Å². The van der Waals surface area contributed by atoms with Crippen molar-refractivity contribution in [2.45, 2.75) is 32.2 Å². The second-order valence-corrected chi connectivity index (χ2v) is 6.97. The number of nitrogens with zero attached hydrogens (tertiary/aromatic N) is 3. The average molecular weight is 374 g/mol. The molecule has 0 atom stereocenters. The fraction of sp³-hybridized carbons (Fsp3) is 0.421. The summed E-state index contributed by atoms with van der Waals surface area (Å²) in [5.74, 6) is -1.90. The predicted molar refractivity (Wildman–Crippen MR) is 95.7 cm³/mol. The van der Waals surface area contributed by atoms with Crippen LogP contribution in [0.4, 0.5) is 14.7 Å². The van der Waals surface area contributed by atoms with Gasteiger partial charge < -0.3 is 9.80 Å². The van der Waals surface area contributed by atoms with E-state index in [1.165, 1.54) is 17.4 Å². The fourth-order valence-electron chi connectivity index (χ4n) is 3.65. The van der Waals surface area contributed by atoms with Gasteiger partial charge in [0.15, 0.2) is 11.6 Å². The summed E-state index contributed by atoms with van der Waals surface area (Å²) < 4.78 is 26.5. The van der Waals surface area contributed by atoms with Crippen LogP contribution in [-0.2, 0) is 13.0 Å². The van der Waals surface area contributed by atoms with E-state index >= 15 is 0 Å². The van der Waals surface area contributed by atoms with E-state index in [1.807, 2.05) is 0 Å². The summed E-state index contributed by atoms with van der Waals surface area (Å²) in [5, 5.41) is 0. The Bertz CT molecular complexity index is 938. The average Bonchev–Trinajstić information content (AvgIpc) is 2.70. The number of carbonyl (C=O) groups is 1. The Hall–Kier alpha value is -2.77. The predicted octanol–water partition coefficient (Wildman–Crippen LogP) is 2.24. The van der Waals surface area contributed by atoms with Crippen LogP contribution in [-0.4, -0.2) is 40.4 Å². The SMILES string of the molecule is O=C(c1ccc(F)c(F)c1)N1CCc2nc(N3CCCCC3)[nH]c(=O)c2C1. The highest BCUT2D eigenvalue weighted by Gasteiger charge is 2.26. The standard InChI is InChI=1S/C19H20F2N4O2/c20-14-5-4-12(10-15(14)21)18(27)25-9-6-16-13(11-25)17(26)23-19(22-16)24-7-2-1-3-8-24/h4-5,10H,1-3,6-9,11H2,(H,22,23,26). The largest absolute Gasteiger partial charge is 0.342 e. The molecule has 8 heteroatoms. The molecule has 2 aliphatic heterocycles. The number of anilines is 1. The molecular weight excluding hydrogens is 354 g/mol. The molecule has 0 aliphatic carbocycles. The molecule has 142 valence electrons. The van der Waals surface area contributed by atoms with Gasteiger partial charge in [0, 0.05) is 31.6 Å². The minimum absolute atomic E-state index is 0.0617. The van der Waals surface area contributed by atoms with Gasteiger partial charge in [-0.3, -0.25) is 14.6 Å². The number of H-pyrrole nitrogens is 1. The molecule has 0 radical (unpaired) electrons. The lowest BCUT2D eigenvalue weighted by Crippen LogP contribution is -2.41. The molecule has 2 aliphatic rings. The number of rotatable bonds is 2. The molecule has 6 nitrogen and oxygen atoms in total. The number of carbonyl (C=O) groups excluding carboxylic acids is 1. The summed E-state index contributed by atoms with van der Waals surface area (Å²) in [5.41, 5.74) is 0.974. The number of piperidine rings is 1. The highest BCUT2D eigenvalue weighted by atomic mass is 19.2. The molecule has 1 N–H and O–H groups in total. The number of hydrogen-bond acceptors (Lipinski definition) is 4. The first kappa shape index (κ1) is 17.6. The van der Waals surface area contributed by atoms with E-state index < -0.39 is 17.5 Å². The van der Waals surface area contributed by atoms with E-state index in [4.69, 9.17) is 0 Å². The molecule has 3 heterocycles. The third-order valence-electron chi connectivity index (χ3n) is 5.17. The Morgan fingerprint density at radius 3 is 2.59 bits per heavy atom. The molecule has 1 fully saturated rings. The Morgan fingerprint density at radius 1 is 1.07 bits per heavy atom. The van der Waals surface area contributed by atoms with Gasteiger partial charge >= 0.3 is 0 Å². The van der Waals surface area contributed by atoms with Crippen LogP contribution in [0.15, 0.2) is 23.0 Å². The first-order chi connectivity index (χ1) is 13.0. The maximum absolute atomic E-state index is 13.4. The van der Waals surface area contributed by atoms with Gasteiger partial charge in [0.25, 0.3) is 11.5 Å². The van der Waals surface area contributed by atoms with Crippen LogP contribution < -0.4 is 10.5 Å². The van der Waals surface area contributed by atoms with Gasteiger partial charge in [-0.15, -0.1) is 0 Å². The van der Waals surface area contributed by atoms with Crippen LogP contribution in [0.1, 0.15) is 40.9 Å². The molecule has 2 aromatic rings. The molecule has 4 rings (SSSR count). The lowest BCUT2D eigenvalue weighted by Gasteiger charge is -2.30. The van der Waals surface area contributed by atoms with Crippen molar-refractivity contribution >= 4 is 11.9 Å². The number of amides is 1. The molecule has 0 bridgehead atoms. The molecular formula is C19H20F2N4O2. The van der Waals surface area contributed by atoms with Crippen molar-refractivity contribution in [1.29, 1.82) is 0 Å².